The SMILES string of the molecule is CC(C)Oc1cccc2c1ccn2Cc1cccnc1. The highest BCUT2D eigenvalue weighted by Crippen LogP contribution is 2.27. The number of benzene rings is 1. The lowest BCUT2D eigenvalue weighted by Crippen LogP contribution is -2.05. The molecular formula is C17H18N2O. The van der Waals surface area contributed by atoms with E-state index < -0.39 is 0 Å². The van der Waals surface area contributed by atoms with Crippen molar-refractivity contribution in [2.75, 3.05) is 0 Å². The standard InChI is InChI=1S/C17H18N2O/c1-13(2)20-17-7-3-6-16-15(17)8-10-19(16)12-14-5-4-9-18-11-14/h3-11,13H,12H2,1-2H3. The number of pyridine rings is 1. The van der Waals surface area contributed by atoms with Crippen LogP contribution in [0.25, 0.3) is 10.9 Å². The van der Waals surface area contributed by atoms with E-state index in [4.69, 9.17) is 4.74 Å². The van der Waals surface area contributed by atoms with Crippen LogP contribution in [0.1, 0.15) is 19.4 Å². The maximum absolute atomic E-state index is 5.87. The summed E-state index contributed by atoms with van der Waals surface area (Å²) in [7, 11) is 0. The van der Waals surface area contributed by atoms with Crippen molar-refractivity contribution in [3.05, 3.63) is 60.6 Å². The van der Waals surface area contributed by atoms with Crippen molar-refractivity contribution in [3.63, 3.8) is 0 Å². The van der Waals surface area contributed by atoms with E-state index in [0.717, 1.165) is 17.7 Å². The summed E-state index contributed by atoms with van der Waals surface area (Å²) >= 11 is 0. The minimum absolute atomic E-state index is 0.183. The summed E-state index contributed by atoms with van der Waals surface area (Å²) < 4.78 is 8.09. The molecule has 0 saturated heterocycles. The minimum atomic E-state index is 0.183. The van der Waals surface area contributed by atoms with Gasteiger partial charge in [0.1, 0.15) is 5.75 Å². The first kappa shape index (κ1) is 12.7. The maximum atomic E-state index is 5.87. The second-order valence-electron chi connectivity index (χ2n) is 5.16. The molecule has 3 rings (SSSR count). The molecule has 0 N–H and O–H groups in total. The summed E-state index contributed by atoms with van der Waals surface area (Å²) in [4.78, 5) is 4.16. The summed E-state index contributed by atoms with van der Waals surface area (Å²) in [6, 6.07) is 12.4. The van der Waals surface area contributed by atoms with Gasteiger partial charge in [0.15, 0.2) is 0 Å². The highest BCUT2D eigenvalue weighted by Gasteiger charge is 2.08. The van der Waals surface area contributed by atoms with Gasteiger partial charge in [-0.05, 0) is 43.7 Å². The van der Waals surface area contributed by atoms with Gasteiger partial charge in [-0.15, -0.1) is 0 Å². The van der Waals surface area contributed by atoms with Gasteiger partial charge in [-0.2, -0.15) is 0 Å². The lowest BCUT2D eigenvalue weighted by molar-refractivity contribution is 0.245. The van der Waals surface area contributed by atoms with Crippen LogP contribution < -0.4 is 4.74 Å². The van der Waals surface area contributed by atoms with Crippen LogP contribution >= 0.6 is 0 Å². The van der Waals surface area contributed by atoms with Crippen molar-refractivity contribution in [2.24, 2.45) is 0 Å². The molecule has 3 nitrogen and oxygen atoms in total. The fourth-order valence-electron chi connectivity index (χ4n) is 2.38. The molecular weight excluding hydrogens is 248 g/mol. The van der Waals surface area contributed by atoms with Crippen molar-refractivity contribution in [1.82, 2.24) is 9.55 Å². The molecule has 3 heteroatoms. The molecule has 0 radical (unpaired) electrons. The Balaban J connectivity index is 1.97. The number of rotatable bonds is 4. The predicted octanol–water partition coefficient (Wildman–Crippen LogP) is 3.87. The van der Waals surface area contributed by atoms with Crippen LogP contribution in [0.5, 0.6) is 5.75 Å². The lowest BCUT2D eigenvalue weighted by atomic mass is 10.2. The van der Waals surface area contributed by atoms with E-state index >= 15 is 0 Å². The lowest BCUT2D eigenvalue weighted by Gasteiger charge is -2.11. The number of ether oxygens (including phenoxy) is 1. The van der Waals surface area contributed by atoms with E-state index in [0.29, 0.717) is 0 Å². The van der Waals surface area contributed by atoms with Gasteiger partial charge >= 0.3 is 0 Å². The molecule has 3 aromatic rings. The van der Waals surface area contributed by atoms with Crippen molar-refractivity contribution in [1.29, 1.82) is 0 Å². The van der Waals surface area contributed by atoms with Crippen LogP contribution in [-0.2, 0) is 6.54 Å². The van der Waals surface area contributed by atoms with Gasteiger partial charge in [0.2, 0.25) is 0 Å². The highest BCUT2D eigenvalue weighted by molar-refractivity contribution is 5.86. The molecule has 0 aliphatic heterocycles. The Kier molecular flexibility index (Phi) is 3.42. The van der Waals surface area contributed by atoms with Crippen LogP contribution in [0.15, 0.2) is 55.0 Å². The summed E-state index contributed by atoms with van der Waals surface area (Å²) in [5.41, 5.74) is 2.38. The molecule has 0 bridgehead atoms. The quantitative estimate of drug-likeness (QED) is 0.716. The first-order valence-electron chi connectivity index (χ1n) is 6.87. The van der Waals surface area contributed by atoms with Crippen molar-refractivity contribution in [2.45, 2.75) is 26.5 Å². The van der Waals surface area contributed by atoms with E-state index in [1.54, 1.807) is 6.20 Å². The van der Waals surface area contributed by atoms with Gasteiger partial charge in [-0.1, -0.05) is 12.1 Å². The molecule has 102 valence electrons. The fraction of sp³-hybridized carbons (Fsp3) is 0.235. The van der Waals surface area contributed by atoms with Gasteiger partial charge in [0.05, 0.1) is 11.6 Å². The molecule has 1 aromatic carbocycles. The van der Waals surface area contributed by atoms with E-state index in [-0.39, 0.29) is 6.10 Å². The van der Waals surface area contributed by atoms with Crippen molar-refractivity contribution < 1.29 is 4.74 Å². The molecule has 0 spiro atoms. The van der Waals surface area contributed by atoms with Gasteiger partial charge in [0, 0.05) is 30.5 Å². The van der Waals surface area contributed by atoms with Crippen LogP contribution in [0, 0.1) is 0 Å². The largest absolute Gasteiger partial charge is 0.490 e. The smallest absolute Gasteiger partial charge is 0.129 e. The number of hydrogen-bond donors (Lipinski definition) is 0. The number of fused-ring (bicyclic) bond motifs is 1. The molecule has 0 unspecified atom stereocenters. The topological polar surface area (TPSA) is 27.1 Å². The molecule has 2 heterocycles. The Bertz CT molecular complexity index is 701. The molecule has 0 fully saturated rings. The van der Waals surface area contributed by atoms with E-state index in [1.165, 1.54) is 11.1 Å². The molecule has 0 amide bonds. The van der Waals surface area contributed by atoms with Crippen LogP contribution in [0.2, 0.25) is 0 Å². The van der Waals surface area contributed by atoms with Crippen LogP contribution in [0.3, 0.4) is 0 Å². The Morgan fingerprint density at radius 3 is 2.80 bits per heavy atom. The molecule has 20 heavy (non-hydrogen) atoms. The number of hydrogen-bond acceptors (Lipinski definition) is 2. The van der Waals surface area contributed by atoms with E-state index in [2.05, 4.69) is 33.9 Å². The Morgan fingerprint density at radius 1 is 1.15 bits per heavy atom. The van der Waals surface area contributed by atoms with Crippen LogP contribution in [0.4, 0.5) is 0 Å². The third kappa shape index (κ3) is 2.52. The zero-order valence-corrected chi connectivity index (χ0v) is 11.8. The Morgan fingerprint density at radius 2 is 2.05 bits per heavy atom. The third-order valence-corrected chi connectivity index (χ3v) is 3.21. The highest BCUT2D eigenvalue weighted by atomic mass is 16.5. The molecule has 0 aliphatic rings. The third-order valence-electron chi connectivity index (χ3n) is 3.21. The summed E-state index contributed by atoms with van der Waals surface area (Å²) in [6.45, 7) is 4.92. The number of nitrogens with zero attached hydrogens (tertiary/aromatic N) is 2. The molecule has 2 aromatic heterocycles. The fourth-order valence-corrected chi connectivity index (χ4v) is 2.38. The van der Waals surface area contributed by atoms with Crippen molar-refractivity contribution >= 4 is 10.9 Å². The average molecular weight is 266 g/mol. The van der Waals surface area contributed by atoms with Gasteiger partial charge in [-0.25, -0.2) is 0 Å². The Labute approximate surface area is 118 Å². The first-order valence-corrected chi connectivity index (χ1v) is 6.87. The van der Waals surface area contributed by atoms with Gasteiger partial charge in [0.25, 0.3) is 0 Å². The molecule has 0 aliphatic carbocycles. The van der Waals surface area contributed by atoms with Crippen LogP contribution in [-0.4, -0.2) is 15.7 Å². The zero-order valence-electron chi connectivity index (χ0n) is 11.8. The minimum Gasteiger partial charge on any atom is -0.490 e. The van der Waals surface area contributed by atoms with Gasteiger partial charge in [-0.3, -0.25) is 4.98 Å². The Hall–Kier alpha value is -2.29. The molecule has 0 saturated carbocycles. The zero-order chi connectivity index (χ0) is 13.9. The van der Waals surface area contributed by atoms with Gasteiger partial charge < -0.3 is 9.30 Å². The summed E-state index contributed by atoms with van der Waals surface area (Å²) in [6.07, 6.45) is 5.99. The summed E-state index contributed by atoms with van der Waals surface area (Å²) in [5, 5.41) is 1.16. The van der Waals surface area contributed by atoms with Crippen molar-refractivity contribution in [3.8, 4) is 5.75 Å². The second kappa shape index (κ2) is 5.37. The van der Waals surface area contributed by atoms with E-state index in [9.17, 15) is 0 Å². The average Bonchev–Trinajstić information content (AvgIpc) is 2.84. The predicted molar refractivity (Wildman–Crippen MR) is 81.0 cm³/mol. The normalized spacial score (nSPS) is 11.2. The first-order chi connectivity index (χ1) is 9.74. The molecule has 0 atom stereocenters. The number of aromatic nitrogens is 2. The maximum Gasteiger partial charge on any atom is 0.129 e. The second-order valence-corrected chi connectivity index (χ2v) is 5.16. The van der Waals surface area contributed by atoms with E-state index in [1.807, 2.05) is 38.2 Å². The monoisotopic (exact) mass is 266 g/mol. The summed E-state index contributed by atoms with van der Waals surface area (Å²) in [5.74, 6) is 0.947.